The summed E-state index contributed by atoms with van der Waals surface area (Å²) in [5, 5.41) is 0.959. The summed E-state index contributed by atoms with van der Waals surface area (Å²) in [7, 11) is 0. The number of fused-ring (bicyclic) bond motifs is 1. The molecule has 2 N–H and O–H groups in total. The van der Waals surface area contributed by atoms with E-state index in [0.717, 1.165) is 29.6 Å². The van der Waals surface area contributed by atoms with E-state index in [4.69, 9.17) is 5.73 Å². The van der Waals surface area contributed by atoms with Crippen LogP contribution in [0.25, 0.3) is 10.9 Å². The molecule has 0 bridgehead atoms. The quantitative estimate of drug-likeness (QED) is 0.720. The molecule has 0 aromatic carbocycles. The van der Waals surface area contributed by atoms with E-state index in [9.17, 15) is 0 Å². The Balaban J connectivity index is 2.20. The van der Waals surface area contributed by atoms with Gasteiger partial charge in [0.05, 0.1) is 11.1 Å². The van der Waals surface area contributed by atoms with E-state index in [-0.39, 0.29) is 5.54 Å². The first kappa shape index (κ1) is 7.82. The summed E-state index contributed by atoms with van der Waals surface area (Å²) in [6.45, 7) is 0. The molecule has 14 heavy (non-hydrogen) atoms. The van der Waals surface area contributed by atoms with Crippen LogP contribution in [0.15, 0.2) is 24.7 Å². The van der Waals surface area contributed by atoms with Gasteiger partial charge < -0.3 is 5.73 Å². The van der Waals surface area contributed by atoms with Gasteiger partial charge in [-0.3, -0.25) is 4.98 Å². The predicted octanol–water partition coefficient (Wildman–Crippen LogP) is 0.973. The average molecular weight is 186 g/mol. The zero-order chi connectivity index (χ0) is 9.60. The monoisotopic (exact) mass is 186 g/mol. The third-order valence-electron chi connectivity index (χ3n) is 2.61. The van der Waals surface area contributed by atoms with Gasteiger partial charge in [0.15, 0.2) is 0 Å². The molecule has 0 atom stereocenters. The summed E-state index contributed by atoms with van der Waals surface area (Å²) in [4.78, 5) is 12.7. The largest absolute Gasteiger partial charge is 0.319 e. The molecular formula is C10H10N4. The summed E-state index contributed by atoms with van der Waals surface area (Å²) >= 11 is 0. The minimum atomic E-state index is -0.253. The molecule has 2 aromatic heterocycles. The van der Waals surface area contributed by atoms with Crippen molar-refractivity contribution in [3.8, 4) is 0 Å². The SMILES string of the molecule is NC1(c2ncc3cnccc3n2)CC1. The lowest BCUT2D eigenvalue weighted by molar-refractivity contribution is 0.677. The molecule has 2 heterocycles. The average Bonchev–Trinajstić information content (AvgIpc) is 2.97. The van der Waals surface area contributed by atoms with Crippen molar-refractivity contribution in [3.63, 3.8) is 0 Å². The second kappa shape index (κ2) is 2.48. The Bertz CT molecular complexity index is 490. The lowest BCUT2D eigenvalue weighted by Crippen LogP contribution is -2.21. The third-order valence-corrected chi connectivity index (χ3v) is 2.61. The first-order chi connectivity index (χ1) is 6.78. The molecule has 1 fully saturated rings. The molecular weight excluding hydrogens is 176 g/mol. The van der Waals surface area contributed by atoms with Gasteiger partial charge in [-0.25, -0.2) is 9.97 Å². The molecule has 0 aliphatic heterocycles. The highest BCUT2D eigenvalue weighted by Crippen LogP contribution is 2.40. The normalized spacial score (nSPS) is 18.4. The van der Waals surface area contributed by atoms with Crippen molar-refractivity contribution in [1.82, 2.24) is 15.0 Å². The second-order valence-corrected chi connectivity index (χ2v) is 3.78. The van der Waals surface area contributed by atoms with Crippen LogP contribution in [0.5, 0.6) is 0 Å². The molecule has 0 amide bonds. The van der Waals surface area contributed by atoms with Crippen molar-refractivity contribution in [3.05, 3.63) is 30.5 Å². The molecule has 0 unspecified atom stereocenters. The van der Waals surface area contributed by atoms with Crippen LogP contribution in [-0.2, 0) is 5.54 Å². The van der Waals surface area contributed by atoms with E-state index in [1.165, 1.54) is 0 Å². The molecule has 0 spiro atoms. The first-order valence-corrected chi connectivity index (χ1v) is 4.64. The number of nitrogens with two attached hydrogens (primary N) is 1. The Morgan fingerprint density at radius 1 is 1.29 bits per heavy atom. The fraction of sp³-hybridized carbons (Fsp3) is 0.300. The van der Waals surface area contributed by atoms with Gasteiger partial charge in [-0.05, 0) is 18.9 Å². The van der Waals surface area contributed by atoms with Crippen LogP contribution < -0.4 is 5.73 Å². The predicted molar refractivity (Wildman–Crippen MR) is 52.4 cm³/mol. The molecule has 1 saturated carbocycles. The first-order valence-electron chi connectivity index (χ1n) is 4.64. The van der Waals surface area contributed by atoms with Crippen molar-refractivity contribution in [2.75, 3.05) is 0 Å². The van der Waals surface area contributed by atoms with Crippen LogP contribution in [-0.4, -0.2) is 15.0 Å². The van der Waals surface area contributed by atoms with Gasteiger partial charge in [0.25, 0.3) is 0 Å². The molecule has 4 heteroatoms. The Kier molecular flexibility index (Phi) is 1.39. The lowest BCUT2D eigenvalue weighted by Gasteiger charge is -2.06. The van der Waals surface area contributed by atoms with Crippen LogP contribution in [0.3, 0.4) is 0 Å². The number of rotatable bonds is 1. The highest BCUT2D eigenvalue weighted by molar-refractivity contribution is 5.76. The maximum atomic E-state index is 6.02. The van der Waals surface area contributed by atoms with E-state index >= 15 is 0 Å². The molecule has 1 aliphatic rings. The highest BCUT2D eigenvalue weighted by atomic mass is 15.0. The van der Waals surface area contributed by atoms with Crippen molar-refractivity contribution >= 4 is 10.9 Å². The number of nitrogens with zero attached hydrogens (tertiary/aromatic N) is 3. The van der Waals surface area contributed by atoms with E-state index in [1.807, 2.05) is 6.07 Å². The van der Waals surface area contributed by atoms with E-state index < -0.39 is 0 Å². The fourth-order valence-electron chi connectivity index (χ4n) is 1.47. The summed E-state index contributed by atoms with van der Waals surface area (Å²) < 4.78 is 0. The number of hydrogen-bond acceptors (Lipinski definition) is 4. The topological polar surface area (TPSA) is 64.7 Å². The molecule has 70 valence electrons. The van der Waals surface area contributed by atoms with E-state index in [1.54, 1.807) is 18.6 Å². The summed E-state index contributed by atoms with van der Waals surface area (Å²) in [5.41, 5.74) is 6.68. The summed E-state index contributed by atoms with van der Waals surface area (Å²) in [6, 6.07) is 1.88. The molecule has 1 aliphatic carbocycles. The Morgan fingerprint density at radius 3 is 2.93 bits per heavy atom. The highest BCUT2D eigenvalue weighted by Gasteiger charge is 2.42. The van der Waals surface area contributed by atoms with Crippen LogP contribution in [0.1, 0.15) is 18.7 Å². The van der Waals surface area contributed by atoms with Crippen LogP contribution in [0.4, 0.5) is 0 Å². The van der Waals surface area contributed by atoms with Gasteiger partial charge >= 0.3 is 0 Å². The Labute approximate surface area is 81.2 Å². The number of pyridine rings is 1. The van der Waals surface area contributed by atoms with Crippen LogP contribution in [0.2, 0.25) is 0 Å². The minimum Gasteiger partial charge on any atom is -0.319 e. The zero-order valence-corrected chi connectivity index (χ0v) is 7.64. The Hall–Kier alpha value is -1.55. The van der Waals surface area contributed by atoms with E-state index in [2.05, 4.69) is 15.0 Å². The molecule has 0 radical (unpaired) electrons. The molecule has 0 saturated heterocycles. The summed E-state index contributed by atoms with van der Waals surface area (Å²) in [5.74, 6) is 0.760. The zero-order valence-electron chi connectivity index (χ0n) is 7.64. The number of aromatic nitrogens is 3. The van der Waals surface area contributed by atoms with Gasteiger partial charge in [-0.1, -0.05) is 0 Å². The molecule has 4 nitrogen and oxygen atoms in total. The van der Waals surface area contributed by atoms with E-state index in [0.29, 0.717) is 0 Å². The maximum absolute atomic E-state index is 6.02. The van der Waals surface area contributed by atoms with Crippen molar-refractivity contribution in [2.24, 2.45) is 5.73 Å². The van der Waals surface area contributed by atoms with Crippen LogP contribution >= 0.6 is 0 Å². The summed E-state index contributed by atoms with van der Waals surface area (Å²) in [6.07, 6.45) is 7.26. The standard InChI is InChI=1S/C10H10N4/c11-10(2-3-10)9-13-6-7-5-12-4-1-8(7)14-9/h1,4-6H,2-3,11H2. The smallest absolute Gasteiger partial charge is 0.148 e. The lowest BCUT2D eigenvalue weighted by atomic mass is 10.2. The fourth-order valence-corrected chi connectivity index (χ4v) is 1.47. The molecule has 2 aromatic rings. The maximum Gasteiger partial charge on any atom is 0.148 e. The van der Waals surface area contributed by atoms with Crippen LogP contribution in [0, 0.1) is 0 Å². The molecule has 3 rings (SSSR count). The van der Waals surface area contributed by atoms with Crippen molar-refractivity contribution in [1.29, 1.82) is 0 Å². The van der Waals surface area contributed by atoms with Gasteiger partial charge in [-0.2, -0.15) is 0 Å². The third kappa shape index (κ3) is 1.08. The second-order valence-electron chi connectivity index (χ2n) is 3.78. The van der Waals surface area contributed by atoms with Gasteiger partial charge in [0.1, 0.15) is 5.82 Å². The van der Waals surface area contributed by atoms with Gasteiger partial charge in [-0.15, -0.1) is 0 Å². The van der Waals surface area contributed by atoms with Gasteiger partial charge in [0.2, 0.25) is 0 Å². The van der Waals surface area contributed by atoms with Gasteiger partial charge in [0, 0.05) is 24.0 Å². The van der Waals surface area contributed by atoms with Crippen molar-refractivity contribution in [2.45, 2.75) is 18.4 Å². The number of hydrogen-bond donors (Lipinski definition) is 1. The minimum absolute atomic E-state index is 0.253. The Morgan fingerprint density at radius 2 is 2.14 bits per heavy atom. The van der Waals surface area contributed by atoms with Crippen molar-refractivity contribution < 1.29 is 0 Å².